The van der Waals surface area contributed by atoms with Crippen LogP contribution in [0.1, 0.15) is 42.2 Å². The highest BCUT2D eigenvalue weighted by Crippen LogP contribution is 2.25. The first-order valence-corrected chi connectivity index (χ1v) is 9.69. The van der Waals surface area contributed by atoms with E-state index in [0.717, 1.165) is 42.1 Å². The van der Waals surface area contributed by atoms with E-state index in [-0.39, 0.29) is 5.69 Å². The van der Waals surface area contributed by atoms with Gasteiger partial charge in [-0.05, 0) is 47.9 Å². The van der Waals surface area contributed by atoms with Crippen LogP contribution in [0.5, 0.6) is 0 Å². The van der Waals surface area contributed by atoms with Crippen LogP contribution in [0.3, 0.4) is 0 Å². The number of aromatic nitrogens is 1. The summed E-state index contributed by atoms with van der Waals surface area (Å²) >= 11 is 0. The Hall–Kier alpha value is -3.15. The molecule has 1 heterocycles. The van der Waals surface area contributed by atoms with Crippen molar-refractivity contribution in [3.63, 3.8) is 0 Å². The number of benzene rings is 2. The quantitative estimate of drug-likeness (QED) is 0.439. The summed E-state index contributed by atoms with van der Waals surface area (Å²) < 4.78 is 28.3. The van der Waals surface area contributed by atoms with E-state index < -0.39 is 17.6 Å². The van der Waals surface area contributed by atoms with E-state index in [4.69, 9.17) is 0 Å². The lowest BCUT2D eigenvalue weighted by atomic mass is 10.1. The van der Waals surface area contributed by atoms with E-state index in [2.05, 4.69) is 12.2 Å². The average molecular weight is 398 g/mol. The lowest BCUT2D eigenvalue weighted by Crippen LogP contribution is -2.07. The van der Waals surface area contributed by atoms with Crippen molar-refractivity contribution >= 4 is 11.7 Å². The predicted molar refractivity (Wildman–Crippen MR) is 110 cm³/mol. The zero-order valence-corrected chi connectivity index (χ0v) is 16.3. The highest BCUT2D eigenvalue weighted by molar-refractivity contribution is 5.88. The Bertz CT molecular complexity index is 961. The van der Waals surface area contributed by atoms with Crippen molar-refractivity contribution < 1.29 is 18.7 Å². The van der Waals surface area contributed by atoms with Gasteiger partial charge < -0.3 is 15.0 Å². The molecule has 6 heteroatoms. The number of aromatic carboxylic acids is 1. The summed E-state index contributed by atoms with van der Waals surface area (Å²) in [6, 6.07) is 12.6. The average Bonchev–Trinajstić information content (AvgIpc) is 3.11. The number of anilines is 1. The predicted octanol–water partition coefficient (Wildman–Crippen LogP) is 5.93. The number of halogens is 2. The van der Waals surface area contributed by atoms with Gasteiger partial charge in [-0.25, -0.2) is 13.6 Å². The molecule has 3 aromatic rings. The first-order valence-electron chi connectivity index (χ1n) is 9.69. The molecule has 0 unspecified atom stereocenters. The molecule has 0 fully saturated rings. The molecule has 0 bridgehead atoms. The molecule has 0 aliphatic heterocycles. The SMILES string of the molecule is CCCCCn1cc(-c2ccc(NCc3cc(F)cc(F)c3)cc2)cc1C(=O)O. The van der Waals surface area contributed by atoms with Gasteiger partial charge in [-0.2, -0.15) is 0 Å². The number of carboxylic acids is 1. The van der Waals surface area contributed by atoms with Crippen molar-refractivity contribution in [2.24, 2.45) is 0 Å². The van der Waals surface area contributed by atoms with Crippen LogP contribution >= 0.6 is 0 Å². The van der Waals surface area contributed by atoms with Gasteiger partial charge in [0.05, 0.1) is 0 Å². The first kappa shape index (κ1) is 20.6. The number of aryl methyl sites for hydroxylation is 1. The number of carbonyl (C=O) groups is 1. The van der Waals surface area contributed by atoms with Crippen molar-refractivity contribution in [1.29, 1.82) is 0 Å². The van der Waals surface area contributed by atoms with Gasteiger partial charge in [-0.3, -0.25) is 0 Å². The van der Waals surface area contributed by atoms with Crippen LogP contribution in [0.2, 0.25) is 0 Å². The van der Waals surface area contributed by atoms with Crippen molar-refractivity contribution in [2.45, 2.75) is 39.3 Å². The summed E-state index contributed by atoms with van der Waals surface area (Å²) in [4.78, 5) is 11.5. The molecule has 3 rings (SSSR count). The minimum absolute atomic E-state index is 0.284. The Morgan fingerprint density at radius 1 is 1.00 bits per heavy atom. The molecule has 1 aromatic heterocycles. The third-order valence-corrected chi connectivity index (χ3v) is 4.76. The molecule has 0 spiro atoms. The molecule has 0 amide bonds. The summed E-state index contributed by atoms with van der Waals surface area (Å²) in [6.45, 7) is 3.09. The van der Waals surface area contributed by atoms with Crippen molar-refractivity contribution in [1.82, 2.24) is 4.57 Å². The van der Waals surface area contributed by atoms with Gasteiger partial charge >= 0.3 is 5.97 Å². The smallest absolute Gasteiger partial charge is 0.352 e. The Balaban J connectivity index is 1.70. The van der Waals surface area contributed by atoms with Gasteiger partial charge in [0, 0.05) is 36.6 Å². The van der Waals surface area contributed by atoms with Crippen molar-refractivity contribution in [3.05, 3.63) is 77.6 Å². The Morgan fingerprint density at radius 3 is 2.31 bits per heavy atom. The standard InChI is InChI=1S/C23H24F2N2O2/c1-2-3-4-9-27-15-18(12-22(27)23(28)29)17-5-7-21(8-6-17)26-14-16-10-19(24)13-20(25)11-16/h5-8,10-13,15,26H,2-4,9,14H2,1H3,(H,28,29). The molecule has 0 aliphatic rings. The normalized spacial score (nSPS) is 10.9. The molecule has 0 radical (unpaired) electrons. The molecule has 0 saturated carbocycles. The molecule has 29 heavy (non-hydrogen) atoms. The second kappa shape index (κ2) is 9.37. The van der Waals surface area contributed by atoms with Gasteiger partial charge in [-0.1, -0.05) is 31.9 Å². The van der Waals surface area contributed by atoms with E-state index in [1.165, 1.54) is 12.1 Å². The van der Waals surface area contributed by atoms with E-state index in [1.54, 1.807) is 10.6 Å². The van der Waals surface area contributed by atoms with E-state index in [0.29, 0.717) is 18.7 Å². The maximum Gasteiger partial charge on any atom is 0.352 e. The maximum absolute atomic E-state index is 13.3. The zero-order valence-electron chi connectivity index (χ0n) is 16.3. The molecule has 0 saturated heterocycles. The first-order chi connectivity index (χ1) is 14.0. The highest BCUT2D eigenvalue weighted by atomic mass is 19.1. The number of carboxylic acid groups (broad SMARTS) is 1. The minimum Gasteiger partial charge on any atom is -0.477 e. The number of unbranched alkanes of at least 4 members (excludes halogenated alkanes) is 2. The van der Waals surface area contributed by atoms with Crippen molar-refractivity contribution in [2.75, 3.05) is 5.32 Å². The second-order valence-electron chi connectivity index (χ2n) is 7.03. The lowest BCUT2D eigenvalue weighted by Gasteiger charge is -2.08. The van der Waals surface area contributed by atoms with E-state index >= 15 is 0 Å². The number of nitrogens with one attached hydrogen (secondary N) is 1. The minimum atomic E-state index is -0.937. The van der Waals surface area contributed by atoms with Gasteiger partial charge in [0.1, 0.15) is 17.3 Å². The molecule has 152 valence electrons. The number of hydrogen-bond donors (Lipinski definition) is 2. The number of nitrogens with zero attached hydrogens (tertiary/aromatic N) is 1. The summed E-state index contributed by atoms with van der Waals surface area (Å²) in [5.74, 6) is -2.14. The number of rotatable bonds is 9. The summed E-state index contributed by atoms with van der Waals surface area (Å²) in [7, 11) is 0. The second-order valence-corrected chi connectivity index (χ2v) is 7.03. The number of hydrogen-bond acceptors (Lipinski definition) is 2. The third-order valence-electron chi connectivity index (χ3n) is 4.76. The fraction of sp³-hybridized carbons (Fsp3) is 0.261. The maximum atomic E-state index is 13.3. The van der Waals surface area contributed by atoms with Crippen LogP contribution in [0, 0.1) is 11.6 Å². The van der Waals surface area contributed by atoms with Gasteiger partial charge in [0.15, 0.2) is 0 Å². The van der Waals surface area contributed by atoms with Crippen molar-refractivity contribution in [3.8, 4) is 11.1 Å². The Morgan fingerprint density at radius 2 is 1.69 bits per heavy atom. The largest absolute Gasteiger partial charge is 0.477 e. The van der Waals surface area contributed by atoms with Gasteiger partial charge in [0.25, 0.3) is 0 Å². The fourth-order valence-electron chi connectivity index (χ4n) is 3.26. The van der Waals surface area contributed by atoms with Gasteiger partial charge in [0.2, 0.25) is 0 Å². The van der Waals surface area contributed by atoms with E-state index in [9.17, 15) is 18.7 Å². The zero-order chi connectivity index (χ0) is 20.8. The molecule has 4 nitrogen and oxygen atoms in total. The van der Waals surface area contributed by atoms with Crippen LogP contribution in [0.15, 0.2) is 54.7 Å². The molecule has 0 aliphatic carbocycles. The fourth-order valence-corrected chi connectivity index (χ4v) is 3.26. The molecule has 0 atom stereocenters. The summed E-state index contributed by atoms with van der Waals surface area (Å²) in [6.07, 6.45) is 4.95. The van der Waals surface area contributed by atoms with Crippen LogP contribution in [0.4, 0.5) is 14.5 Å². The Kier molecular flexibility index (Phi) is 6.65. The monoisotopic (exact) mass is 398 g/mol. The summed E-state index contributed by atoms with van der Waals surface area (Å²) in [5.41, 5.74) is 3.36. The van der Waals surface area contributed by atoms with Crippen LogP contribution in [-0.2, 0) is 13.1 Å². The lowest BCUT2D eigenvalue weighted by molar-refractivity contribution is 0.0685. The molecule has 2 aromatic carbocycles. The molecular weight excluding hydrogens is 374 g/mol. The van der Waals surface area contributed by atoms with Crippen LogP contribution in [0.25, 0.3) is 11.1 Å². The molecular formula is C23H24F2N2O2. The Labute approximate surface area is 168 Å². The van der Waals surface area contributed by atoms with E-state index in [1.807, 2.05) is 30.5 Å². The van der Waals surface area contributed by atoms with Crippen LogP contribution < -0.4 is 5.32 Å². The summed E-state index contributed by atoms with van der Waals surface area (Å²) in [5, 5.41) is 12.6. The van der Waals surface area contributed by atoms with Gasteiger partial charge in [-0.15, -0.1) is 0 Å². The van der Waals surface area contributed by atoms with Crippen LogP contribution in [-0.4, -0.2) is 15.6 Å². The highest BCUT2D eigenvalue weighted by Gasteiger charge is 2.13. The molecule has 2 N–H and O–H groups in total. The topological polar surface area (TPSA) is 54.3 Å². The third kappa shape index (κ3) is 5.44.